The molecule has 1 aliphatic carbocycles. The van der Waals surface area contributed by atoms with E-state index in [1.54, 1.807) is 0 Å². The third-order valence-corrected chi connectivity index (χ3v) is 7.20. The third kappa shape index (κ3) is 4.88. The van der Waals surface area contributed by atoms with Crippen LogP contribution in [0, 0.1) is 11.8 Å². The van der Waals surface area contributed by atoms with Crippen molar-refractivity contribution in [1.29, 1.82) is 0 Å². The highest BCUT2D eigenvalue weighted by Gasteiger charge is 2.43. The summed E-state index contributed by atoms with van der Waals surface area (Å²) in [6, 6.07) is 10.3. The SMILES string of the molecule is CC(=O)NC(C(=O)N1CC[C@H]2CCN(C=Cc3ccccc3)C[C@H]21)C1CCCCC1. The van der Waals surface area contributed by atoms with E-state index in [1.165, 1.54) is 18.9 Å². The number of likely N-dealkylation sites (tertiary alicyclic amines) is 2. The van der Waals surface area contributed by atoms with Gasteiger partial charge in [0, 0.05) is 26.6 Å². The molecule has 3 fully saturated rings. The van der Waals surface area contributed by atoms with Crippen molar-refractivity contribution in [2.45, 2.75) is 64.0 Å². The molecule has 2 aliphatic heterocycles. The fourth-order valence-corrected chi connectivity index (χ4v) is 5.58. The minimum Gasteiger partial charge on any atom is -0.375 e. The topological polar surface area (TPSA) is 52.7 Å². The Morgan fingerprint density at radius 2 is 1.77 bits per heavy atom. The number of nitrogens with one attached hydrogen (secondary N) is 1. The van der Waals surface area contributed by atoms with Crippen LogP contribution in [0.5, 0.6) is 0 Å². The van der Waals surface area contributed by atoms with Gasteiger partial charge in [-0.05, 0) is 55.4 Å². The maximum Gasteiger partial charge on any atom is 0.245 e. The van der Waals surface area contributed by atoms with Gasteiger partial charge in [0.2, 0.25) is 11.8 Å². The summed E-state index contributed by atoms with van der Waals surface area (Å²) in [5.74, 6) is 0.927. The molecule has 2 amide bonds. The molecule has 0 aromatic heterocycles. The Balaban J connectivity index is 1.44. The molecule has 0 bridgehead atoms. The van der Waals surface area contributed by atoms with Gasteiger partial charge in [0.05, 0.1) is 6.04 Å². The average molecular weight is 410 g/mol. The molecule has 5 heteroatoms. The zero-order valence-electron chi connectivity index (χ0n) is 18.1. The van der Waals surface area contributed by atoms with Crippen molar-refractivity contribution in [1.82, 2.24) is 15.1 Å². The molecule has 0 spiro atoms. The van der Waals surface area contributed by atoms with Crippen LogP contribution in [0.2, 0.25) is 0 Å². The van der Waals surface area contributed by atoms with E-state index in [4.69, 9.17) is 0 Å². The first-order valence-corrected chi connectivity index (χ1v) is 11.7. The van der Waals surface area contributed by atoms with Gasteiger partial charge in [-0.1, -0.05) is 49.6 Å². The molecule has 30 heavy (non-hydrogen) atoms. The summed E-state index contributed by atoms with van der Waals surface area (Å²) in [5, 5.41) is 3.02. The van der Waals surface area contributed by atoms with Crippen LogP contribution < -0.4 is 5.32 Å². The van der Waals surface area contributed by atoms with Gasteiger partial charge >= 0.3 is 0 Å². The van der Waals surface area contributed by atoms with Crippen molar-refractivity contribution in [2.24, 2.45) is 11.8 Å². The van der Waals surface area contributed by atoms with Crippen molar-refractivity contribution in [3.8, 4) is 0 Å². The second kappa shape index (κ2) is 9.67. The predicted molar refractivity (Wildman–Crippen MR) is 119 cm³/mol. The van der Waals surface area contributed by atoms with Gasteiger partial charge in [-0.15, -0.1) is 0 Å². The largest absolute Gasteiger partial charge is 0.375 e. The van der Waals surface area contributed by atoms with E-state index < -0.39 is 0 Å². The molecule has 1 unspecified atom stereocenters. The summed E-state index contributed by atoms with van der Waals surface area (Å²) >= 11 is 0. The Morgan fingerprint density at radius 1 is 1.03 bits per heavy atom. The maximum absolute atomic E-state index is 13.6. The monoisotopic (exact) mass is 409 g/mol. The number of fused-ring (bicyclic) bond motifs is 1. The lowest BCUT2D eigenvalue weighted by Gasteiger charge is -2.40. The molecule has 2 heterocycles. The summed E-state index contributed by atoms with van der Waals surface area (Å²) in [4.78, 5) is 29.9. The van der Waals surface area contributed by atoms with Crippen LogP contribution in [-0.4, -0.2) is 53.3 Å². The maximum atomic E-state index is 13.6. The predicted octanol–water partition coefficient (Wildman–Crippen LogP) is 3.67. The highest BCUT2D eigenvalue weighted by atomic mass is 16.2. The summed E-state index contributed by atoms with van der Waals surface area (Å²) < 4.78 is 0. The third-order valence-electron chi connectivity index (χ3n) is 7.20. The van der Waals surface area contributed by atoms with E-state index in [0.29, 0.717) is 5.92 Å². The van der Waals surface area contributed by atoms with Crippen molar-refractivity contribution in [2.75, 3.05) is 19.6 Å². The van der Waals surface area contributed by atoms with Crippen molar-refractivity contribution < 1.29 is 9.59 Å². The quantitative estimate of drug-likeness (QED) is 0.807. The first kappa shape index (κ1) is 21.0. The Kier molecular flexibility index (Phi) is 6.76. The van der Waals surface area contributed by atoms with E-state index in [0.717, 1.165) is 58.2 Å². The van der Waals surface area contributed by atoms with Crippen molar-refractivity contribution >= 4 is 17.9 Å². The molecular weight excluding hydrogens is 374 g/mol. The molecular formula is C25H35N3O2. The van der Waals surface area contributed by atoms with E-state index in [9.17, 15) is 9.59 Å². The smallest absolute Gasteiger partial charge is 0.245 e. The van der Waals surface area contributed by atoms with Crippen LogP contribution in [0.3, 0.4) is 0 Å². The minimum atomic E-state index is -0.350. The lowest BCUT2D eigenvalue weighted by Crippen LogP contribution is -2.56. The highest BCUT2D eigenvalue weighted by molar-refractivity contribution is 5.87. The number of piperidine rings is 1. The van der Waals surface area contributed by atoms with E-state index in [-0.39, 0.29) is 29.8 Å². The normalized spacial score (nSPS) is 25.9. The van der Waals surface area contributed by atoms with Crippen LogP contribution in [0.4, 0.5) is 0 Å². The van der Waals surface area contributed by atoms with Gasteiger partial charge in [-0.25, -0.2) is 0 Å². The lowest BCUT2D eigenvalue weighted by molar-refractivity contribution is -0.139. The Bertz CT molecular complexity index is 757. The zero-order chi connectivity index (χ0) is 20.9. The molecule has 2 saturated heterocycles. The Morgan fingerprint density at radius 3 is 2.50 bits per heavy atom. The Hall–Kier alpha value is -2.30. The van der Waals surface area contributed by atoms with Gasteiger partial charge in [-0.2, -0.15) is 0 Å². The fraction of sp³-hybridized carbons (Fsp3) is 0.600. The zero-order valence-corrected chi connectivity index (χ0v) is 18.1. The van der Waals surface area contributed by atoms with Crippen molar-refractivity contribution in [3.63, 3.8) is 0 Å². The van der Waals surface area contributed by atoms with Gasteiger partial charge in [0.1, 0.15) is 6.04 Å². The molecule has 3 atom stereocenters. The van der Waals surface area contributed by atoms with E-state index in [2.05, 4.69) is 51.7 Å². The number of rotatable bonds is 5. The number of amides is 2. The minimum absolute atomic E-state index is 0.0919. The standard InChI is InChI=1S/C25H35N3O2/c1-19(29)26-24(22-10-6-3-7-11-22)25(30)28-17-14-21-13-16-27(18-23(21)28)15-12-20-8-4-2-5-9-20/h2,4-5,8-9,12,15,21-24H,3,6-7,10-11,13-14,16-18H2,1H3,(H,26,29)/t21-,23-,24?/m1/s1. The first-order chi connectivity index (χ1) is 14.6. The molecule has 162 valence electrons. The highest BCUT2D eigenvalue weighted by Crippen LogP contribution is 2.34. The van der Waals surface area contributed by atoms with Gasteiger partial charge in [0.25, 0.3) is 0 Å². The molecule has 1 N–H and O–H groups in total. The number of carbonyl (C=O) groups is 2. The molecule has 4 rings (SSSR count). The number of nitrogens with zero attached hydrogens (tertiary/aromatic N) is 2. The first-order valence-electron chi connectivity index (χ1n) is 11.7. The van der Waals surface area contributed by atoms with Crippen molar-refractivity contribution in [3.05, 3.63) is 42.1 Å². The number of carbonyl (C=O) groups excluding carboxylic acids is 2. The van der Waals surface area contributed by atoms with Gasteiger partial charge < -0.3 is 15.1 Å². The van der Waals surface area contributed by atoms with Crippen LogP contribution in [-0.2, 0) is 9.59 Å². The lowest BCUT2D eigenvalue weighted by atomic mass is 9.83. The van der Waals surface area contributed by atoms with Crippen LogP contribution in [0.1, 0.15) is 57.4 Å². The second-order valence-electron chi connectivity index (χ2n) is 9.23. The summed E-state index contributed by atoms with van der Waals surface area (Å²) in [7, 11) is 0. The molecule has 1 saturated carbocycles. The second-order valence-corrected chi connectivity index (χ2v) is 9.23. The molecule has 1 aromatic carbocycles. The average Bonchev–Trinajstić information content (AvgIpc) is 3.20. The summed E-state index contributed by atoms with van der Waals surface area (Å²) in [5.41, 5.74) is 1.20. The van der Waals surface area contributed by atoms with Crippen LogP contribution in [0.25, 0.3) is 6.08 Å². The number of benzene rings is 1. The number of hydrogen-bond donors (Lipinski definition) is 1. The van der Waals surface area contributed by atoms with Gasteiger partial charge in [0.15, 0.2) is 0 Å². The van der Waals surface area contributed by atoms with Gasteiger partial charge in [-0.3, -0.25) is 9.59 Å². The summed E-state index contributed by atoms with van der Waals surface area (Å²) in [6.45, 7) is 4.29. The van der Waals surface area contributed by atoms with E-state index >= 15 is 0 Å². The van der Waals surface area contributed by atoms with Crippen LogP contribution >= 0.6 is 0 Å². The van der Waals surface area contributed by atoms with Crippen LogP contribution in [0.15, 0.2) is 36.5 Å². The molecule has 3 aliphatic rings. The Labute approximate surface area is 180 Å². The van der Waals surface area contributed by atoms with E-state index in [1.807, 2.05) is 6.07 Å². The molecule has 5 nitrogen and oxygen atoms in total. The summed E-state index contributed by atoms with van der Waals surface area (Å²) in [6.07, 6.45) is 12.2. The molecule has 0 radical (unpaired) electrons. The molecule has 1 aromatic rings. The fourth-order valence-electron chi connectivity index (χ4n) is 5.58. The number of hydrogen-bond acceptors (Lipinski definition) is 3.